The molecular weight excluding hydrogens is 226 g/mol. The third-order valence-corrected chi connectivity index (χ3v) is 3.81. The fraction of sp³-hybridized carbons (Fsp3) is 0.500. The molecule has 0 saturated heterocycles. The molecule has 0 aliphatic heterocycles. The van der Waals surface area contributed by atoms with Crippen LogP contribution < -0.4 is 5.32 Å². The van der Waals surface area contributed by atoms with Gasteiger partial charge in [0.05, 0.1) is 23.7 Å². The number of aliphatic hydroxyl groups excluding tert-OH is 1. The second-order valence-corrected chi connectivity index (χ2v) is 5.20. The van der Waals surface area contributed by atoms with Gasteiger partial charge in [-0.1, -0.05) is 12.1 Å². The molecule has 3 rings (SSSR count). The van der Waals surface area contributed by atoms with Crippen molar-refractivity contribution >= 4 is 11.0 Å². The molecule has 2 N–H and O–H groups in total. The van der Waals surface area contributed by atoms with E-state index >= 15 is 0 Å². The Morgan fingerprint density at radius 2 is 2.17 bits per heavy atom. The number of aryl methyl sites for hydroxylation is 1. The SMILES string of the molecule is Cn1c(CNCC2CC(O)C2)nc2ccccc21. The maximum absolute atomic E-state index is 9.23. The minimum atomic E-state index is -0.0625. The van der Waals surface area contributed by atoms with E-state index < -0.39 is 0 Å². The van der Waals surface area contributed by atoms with Crippen LogP contribution >= 0.6 is 0 Å². The molecule has 1 aliphatic rings. The monoisotopic (exact) mass is 245 g/mol. The number of benzene rings is 1. The predicted molar refractivity (Wildman–Crippen MR) is 71.2 cm³/mol. The summed E-state index contributed by atoms with van der Waals surface area (Å²) in [5.74, 6) is 1.70. The fourth-order valence-corrected chi connectivity index (χ4v) is 2.61. The quantitative estimate of drug-likeness (QED) is 0.857. The van der Waals surface area contributed by atoms with Crippen LogP contribution in [0.5, 0.6) is 0 Å². The molecule has 1 heterocycles. The zero-order valence-electron chi connectivity index (χ0n) is 10.6. The lowest BCUT2D eigenvalue weighted by molar-refractivity contribution is 0.0429. The van der Waals surface area contributed by atoms with Gasteiger partial charge in [0.1, 0.15) is 5.82 Å². The van der Waals surface area contributed by atoms with E-state index in [0.717, 1.165) is 37.3 Å². The van der Waals surface area contributed by atoms with Gasteiger partial charge >= 0.3 is 0 Å². The van der Waals surface area contributed by atoms with E-state index in [1.165, 1.54) is 5.52 Å². The van der Waals surface area contributed by atoms with Crippen molar-refractivity contribution in [2.24, 2.45) is 13.0 Å². The minimum Gasteiger partial charge on any atom is -0.393 e. The summed E-state index contributed by atoms with van der Waals surface area (Å²) in [6, 6.07) is 8.19. The zero-order valence-corrected chi connectivity index (χ0v) is 10.6. The molecule has 1 saturated carbocycles. The number of aliphatic hydroxyl groups is 1. The van der Waals surface area contributed by atoms with Gasteiger partial charge in [-0.05, 0) is 37.4 Å². The molecule has 0 bridgehead atoms. The van der Waals surface area contributed by atoms with Gasteiger partial charge in [-0.3, -0.25) is 0 Å². The summed E-state index contributed by atoms with van der Waals surface area (Å²) in [5, 5.41) is 12.7. The summed E-state index contributed by atoms with van der Waals surface area (Å²) in [7, 11) is 2.06. The maximum Gasteiger partial charge on any atom is 0.123 e. The molecule has 1 aromatic carbocycles. The largest absolute Gasteiger partial charge is 0.393 e. The van der Waals surface area contributed by atoms with Crippen molar-refractivity contribution in [2.75, 3.05) is 6.54 Å². The van der Waals surface area contributed by atoms with Crippen molar-refractivity contribution in [3.63, 3.8) is 0 Å². The molecule has 96 valence electrons. The van der Waals surface area contributed by atoms with Gasteiger partial charge < -0.3 is 15.0 Å². The van der Waals surface area contributed by atoms with Crippen molar-refractivity contribution in [3.05, 3.63) is 30.1 Å². The Morgan fingerprint density at radius 3 is 2.89 bits per heavy atom. The normalized spacial score (nSPS) is 23.2. The lowest BCUT2D eigenvalue weighted by Gasteiger charge is -2.31. The number of hydrogen-bond acceptors (Lipinski definition) is 3. The van der Waals surface area contributed by atoms with Crippen molar-refractivity contribution in [1.82, 2.24) is 14.9 Å². The number of nitrogens with zero attached hydrogens (tertiary/aromatic N) is 2. The number of fused-ring (bicyclic) bond motifs is 1. The van der Waals surface area contributed by atoms with Crippen LogP contribution in [-0.2, 0) is 13.6 Å². The van der Waals surface area contributed by atoms with Crippen LogP contribution in [-0.4, -0.2) is 27.3 Å². The van der Waals surface area contributed by atoms with Gasteiger partial charge in [0.15, 0.2) is 0 Å². The third-order valence-electron chi connectivity index (χ3n) is 3.81. The summed E-state index contributed by atoms with van der Waals surface area (Å²) in [4.78, 5) is 4.62. The first-order valence-electron chi connectivity index (χ1n) is 6.53. The molecule has 0 amide bonds. The highest BCUT2D eigenvalue weighted by molar-refractivity contribution is 5.75. The molecule has 4 heteroatoms. The molecule has 0 unspecified atom stereocenters. The Balaban J connectivity index is 1.62. The molecule has 0 radical (unpaired) electrons. The first-order valence-corrected chi connectivity index (χ1v) is 6.53. The Labute approximate surface area is 107 Å². The second-order valence-electron chi connectivity index (χ2n) is 5.20. The molecule has 1 fully saturated rings. The number of rotatable bonds is 4. The zero-order chi connectivity index (χ0) is 12.5. The van der Waals surface area contributed by atoms with Crippen molar-refractivity contribution < 1.29 is 5.11 Å². The summed E-state index contributed by atoms with van der Waals surface area (Å²) in [5.41, 5.74) is 2.23. The number of hydrogen-bond donors (Lipinski definition) is 2. The van der Waals surface area contributed by atoms with E-state index in [0.29, 0.717) is 5.92 Å². The van der Waals surface area contributed by atoms with Gasteiger partial charge in [0, 0.05) is 7.05 Å². The van der Waals surface area contributed by atoms with E-state index in [1.54, 1.807) is 0 Å². The van der Waals surface area contributed by atoms with Gasteiger partial charge in [-0.2, -0.15) is 0 Å². The van der Waals surface area contributed by atoms with Gasteiger partial charge in [0.2, 0.25) is 0 Å². The lowest BCUT2D eigenvalue weighted by atomic mass is 9.82. The summed E-state index contributed by atoms with van der Waals surface area (Å²) < 4.78 is 2.14. The molecular formula is C14H19N3O. The van der Waals surface area contributed by atoms with Crippen LogP contribution in [0, 0.1) is 5.92 Å². The first-order chi connectivity index (χ1) is 8.74. The van der Waals surface area contributed by atoms with E-state index in [9.17, 15) is 5.11 Å². The van der Waals surface area contributed by atoms with Gasteiger partial charge in [-0.25, -0.2) is 4.98 Å². The average Bonchev–Trinajstić information content (AvgIpc) is 2.65. The molecule has 2 aromatic rings. The predicted octanol–water partition coefficient (Wildman–Crippen LogP) is 1.43. The first kappa shape index (κ1) is 11.7. The Morgan fingerprint density at radius 1 is 1.39 bits per heavy atom. The summed E-state index contributed by atoms with van der Waals surface area (Å²) in [6.07, 6.45) is 1.82. The smallest absolute Gasteiger partial charge is 0.123 e. The van der Waals surface area contributed by atoms with Crippen LogP contribution in [0.2, 0.25) is 0 Å². The van der Waals surface area contributed by atoms with Crippen molar-refractivity contribution in [1.29, 1.82) is 0 Å². The van der Waals surface area contributed by atoms with Gasteiger partial charge in [-0.15, -0.1) is 0 Å². The number of aromatic nitrogens is 2. The Hall–Kier alpha value is -1.39. The topological polar surface area (TPSA) is 50.1 Å². The highest BCUT2D eigenvalue weighted by atomic mass is 16.3. The third kappa shape index (κ3) is 2.13. The lowest BCUT2D eigenvalue weighted by Crippen LogP contribution is -2.36. The molecule has 0 spiro atoms. The Bertz CT molecular complexity index is 543. The Kier molecular flexibility index (Phi) is 3.06. The van der Waals surface area contributed by atoms with Crippen LogP contribution in [0.4, 0.5) is 0 Å². The van der Waals surface area contributed by atoms with Crippen LogP contribution in [0.1, 0.15) is 18.7 Å². The number of imidazole rings is 1. The number of nitrogens with one attached hydrogen (secondary N) is 1. The molecule has 18 heavy (non-hydrogen) atoms. The van der Waals surface area contributed by atoms with E-state index in [1.807, 2.05) is 18.2 Å². The molecule has 0 atom stereocenters. The minimum absolute atomic E-state index is 0.0625. The molecule has 1 aliphatic carbocycles. The van der Waals surface area contributed by atoms with Gasteiger partial charge in [0.25, 0.3) is 0 Å². The average molecular weight is 245 g/mol. The second kappa shape index (κ2) is 4.71. The standard InChI is InChI=1S/C14H19N3O/c1-17-13-5-3-2-4-12(13)16-14(17)9-15-8-10-6-11(18)7-10/h2-5,10-11,15,18H,6-9H2,1H3. The molecule has 1 aromatic heterocycles. The molecule has 4 nitrogen and oxygen atoms in total. The summed E-state index contributed by atoms with van der Waals surface area (Å²) >= 11 is 0. The summed E-state index contributed by atoms with van der Waals surface area (Å²) in [6.45, 7) is 1.76. The van der Waals surface area contributed by atoms with Crippen LogP contribution in [0.15, 0.2) is 24.3 Å². The van der Waals surface area contributed by atoms with Crippen molar-refractivity contribution in [2.45, 2.75) is 25.5 Å². The van der Waals surface area contributed by atoms with Crippen LogP contribution in [0.25, 0.3) is 11.0 Å². The van der Waals surface area contributed by atoms with Crippen LogP contribution in [0.3, 0.4) is 0 Å². The van der Waals surface area contributed by atoms with Crippen molar-refractivity contribution in [3.8, 4) is 0 Å². The maximum atomic E-state index is 9.23. The number of para-hydroxylation sites is 2. The fourth-order valence-electron chi connectivity index (χ4n) is 2.61. The van der Waals surface area contributed by atoms with E-state index in [4.69, 9.17) is 0 Å². The highest BCUT2D eigenvalue weighted by Crippen LogP contribution is 2.26. The van der Waals surface area contributed by atoms with E-state index in [2.05, 4.69) is 28.0 Å². The van der Waals surface area contributed by atoms with E-state index in [-0.39, 0.29) is 6.10 Å². The highest BCUT2D eigenvalue weighted by Gasteiger charge is 2.26.